The summed E-state index contributed by atoms with van der Waals surface area (Å²) in [6.45, 7) is 4.70. The van der Waals surface area contributed by atoms with E-state index in [1.165, 1.54) is 39.0 Å². The van der Waals surface area contributed by atoms with E-state index in [-0.39, 0.29) is 36.5 Å². The Kier molecular flexibility index (Phi) is 9.06. The van der Waals surface area contributed by atoms with Gasteiger partial charge in [0.25, 0.3) is 11.8 Å². The highest BCUT2D eigenvalue weighted by atomic mass is 16.5. The predicted molar refractivity (Wildman–Crippen MR) is 145 cm³/mol. The highest BCUT2D eigenvalue weighted by molar-refractivity contribution is 6.62. The summed E-state index contributed by atoms with van der Waals surface area (Å²) in [4.78, 5) is 51.4. The Hall–Kier alpha value is -3.55. The Labute approximate surface area is 231 Å². The second kappa shape index (κ2) is 12.3. The fourth-order valence-electron chi connectivity index (χ4n) is 4.65. The molecule has 210 valence electrons. The van der Waals surface area contributed by atoms with E-state index in [1.807, 2.05) is 0 Å². The fourth-order valence-corrected chi connectivity index (χ4v) is 4.65. The fraction of sp³-hybridized carbons (Fsp3) is 0.385. The van der Waals surface area contributed by atoms with E-state index in [0.717, 1.165) is 11.1 Å². The zero-order valence-corrected chi connectivity index (χ0v) is 22.3. The zero-order chi connectivity index (χ0) is 29.1. The van der Waals surface area contributed by atoms with Crippen molar-refractivity contribution < 1.29 is 43.6 Å². The van der Waals surface area contributed by atoms with Crippen LogP contribution < -0.4 is 26.9 Å². The molecule has 2 aromatic rings. The van der Waals surface area contributed by atoms with E-state index < -0.39 is 56.2 Å². The maximum absolute atomic E-state index is 13.4. The lowest BCUT2D eigenvalue weighted by Gasteiger charge is -2.28. The first-order chi connectivity index (χ1) is 18.9. The lowest BCUT2D eigenvalue weighted by atomic mass is 9.78. The minimum absolute atomic E-state index is 0.132. The monoisotopic (exact) mass is 551 g/mol. The smallest absolute Gasteiger partial charge is 0.423 e. The molecular formula is C26H31B2N3O9. The number of aliphatic hydroxyl groups is 1. The topological polar surface area (TPSA) is 184 Å². The first-order valence-electron chi connectivity index (χ1n) is 12.9. The van der Waals surface area contributed by atoms with Crippen molar-refractivity contribution >= 4 is 48.7 Å². The van der Waals surface area contributed by atoms with Crippen molar-refractivity contribution in [1.82, 2.24) is 16.0 Å². The molecule has 4 atom stereocenters. The number of Topliss-reactive ketones (excluding diaryl/α,β-unsaturated/α-hetero) is 1. The molecule has 4 rings (SSSR count). The maximum atomic E-state index is 13.4. The standard InChI is InChI=1S/C26H31B2N3O9/c1-13(32)8-22(15(3)33)30-26(36)23(31-25(35)17-5-7-19-12-40-28(38)21(19)10-17)14(2)29-24(34)16-4-6-18-11-39-27(37)20(18)9-16/h4-7,9-10,14-15,22-23,33,37-38H,8,11-12H2,1-3H3,(H,29,34)(H,30,36)(H,31,35)/t14-,15?,22-,23-/m0/s1. The van der Waals surface area contributed by atoms with E-state index in [2.05, 4.69) is 16.0 Å². The van der Waals surface area contributed by atoms with Gasteiger partial charge in [-0.15, -0.1) is 0 Å². The van der Waals surface area contributed by atoms with Gasteiger partial charge in [-0.1, -0.05) is 12.1 Å². The molecule has 2 aliphatic rings. The van der Waals surface area contributed by atoms with E-state index in [4.69, 9.17) is 9.31 Å². The molecule has 40 heavy (non-hydrogen) atoms. The van der Waals surface area contributed by atoms with Crippen molar-refractivity contribution in [3.8, 4) is 0 Å². The van der Waals surface area contributed by atoms with Gasteiger partial charge < -0.3 is 40.4 Å². The summed E-state index contributed by atoms with van der Waals surface area (Å²) in [7, 11) is -2.32. The third-order valence-corrected chi connectivity index (χ3v) is 6.99. The van der Waals surface area contributed by atoms with Crippen molar-refractivity contribution in [2.24, 2.45) is 0 Å². The van der Waals surface area contributed by atoms with Gasteiger partial charge in [0.2, 0.25) is 5.91 Å². The largest absolute Gasteiger partial charge is 0.491 e. The molecule has 3 amide bonds. The van der Waals surface area contributed by atoms with Gasteiger partial charge in [-0.25, -0.2) is 0 Å². The van der Waals surface area contributed by atoms with Crippen LogP contribution in [0, 0.1) is 0 Å². The molecule has 0 fully saturated rings. The average Bonchev–Trinajstić information content (AvgIpc) is 3.47. The van der Waals surface area contributed by atoms with E-state index in [9.17, 15) is 34.3 Å². The first-order valence-corrected chi connectivity index (χ1v) is 12.9. The predicted octanol–water partition coefficient (Wildman–Crippen LogP) is -2.12. The summed E-state index contributed by atoms with van der Waals surface area (Å²) >= 11 is 0. The van der Waals surface area contributed by atoms with Crippen molar-refractivity contribution in [3.05, 3.63) is 58.7 Å². The Balaban J connectivity index is 1.55. The van der Waals surface area contributed by atoms with Gasteiger partial charge in [0.1, 0.15) is 11.8 Å². The molecule has 2 aromatic carbocycles. The molecular weight excluding hydrogens is 520 g/mol. The molecule has 1 unspecified atom stereocenters. The molecule has 14 heteroatoms. The van der Waals surface area contributed by atoms with Gasteiger partial charge in [0.15, 0.2) is 0 Å². The Morgan fingerprint density at radius 1 is 0.850 bits per heavy atom. The summed E-state index contributed by atoms with van der Waals surface area (Å²) in [5.41, 5.74) is 2.76. The SMILES string of the molecule is CC(=O)C[C@H](NC(=O)[C@@H](NC(=O)c1ccc2c(c1)B(O)OC2)[C@H](C)NC(=O)c1ccc2c(c1)B(O)OC2)C(C)O. The number of amides is 3. The summed E-state index contributed by atoms with van der Waals surface area (Å²) < 4.78 is 10.3. The van der Waals surface area contributed by atoms with Crippen LogP contribution in [0.4, 0.5) is 0 Å². The minimum atomic E-state index is -1.32. The molecule has 0 bridgehead atoms. The number of hydrogen-bond donors (Lipinski definition) is 6. The van der Waals surface area contributed by atoms with Crippen molar-refractivity contribution in [1.29, 1.82) is 0 Å². The van der Waals surface area contributed by atoms with Crippen LogP contribution in [-0.2, 0) is 32.1 Å². The lowest BCUT2D eigenvalue weighted by molar-refractivity contribution is -0.125. The van der Waals surface area contributed by atoms with Gasteiger partial charge >= 0.3 is 14.2 Å². The molecule has 2 heterocycles. The summed E-state index contributed by atoms with van der Waals surface area (Å²) in [5, 5.41) is 38.0. The van der Waals surface area contributed by atoms with Gasteiger partial charge in [0, 0.05) is 17.5 Å². The highest BCUT2D eigenvalue weighted by Crippen LogP contribution is 2.14. The zero-order valence-electron chi connectivity index (χ0n) is 22.3. The average molecular weight is 551 g/mol. The molecule has 0 spiro atoms. The van der Waals surface area contributed by atoms with Crippen LogP contribution >= 0.6 is 0 Å². The maximum Gasteiger partial charge on any atom is 0.491 e. The summed E-state index contributed by atoms with van der Waals surface area (Å²) in [6.07, 6.45) is -1.19. The van der Waals surface area contributed by atoms with E-state index in [0.29, 0.717) is 10.9 Å². The van der Waals surface area contributed by atoms with Crippen LogP contribution in [-0.4, -0.2) is 77.1 Å². The Bertz CT molecular complexity index is 1320. The van der Waals surface area contributed by atoms with Crippen LogP contribution in [0.25, 0.3) is 0 Å². The van der Waals surface area contributed by atoms with E-state index in [1.54, 1.807) is 18.2 Å². The van der Waals surface area contributed by atoms with Crippen LogP contribution in [0.5, 0.6) is 0 Å². The number of ketones is 1. The van der Waals surface area contributed by atoms with Crippen LogP contribution in [0.15, 0.2) is 36.4 Å². The van der Waals surface area contributed by atoms with E-state index >= 15 is 0 Å². The molecule has 0 radical (unpaired) electrons. The second-order valence-electron chi connectivity index (χ2n) is 10.1. The first kappa shape index (κ1) is 29.4. The minimum Gasteiger partial charge on any atom is -0.423 e. The number of carbonyl (C=O) groups excluding carboxylic acids is 4. The van der Waals surface area contributed by atoms with Gasteiger partial charge in [-0.3, -0.25) is 19.2 Å². The molecule has 0 saturated heterocycles. The number of fused-ring (bicyclic) bond motifs is 2. The number of benzene rings is 2. The van der Waals surface area contributed by atoms with Crippen LogP contribution in [0.1, 0.15) is 59.0 Å². The molecule has 6 N–H and O–H groups in total. The van der Waals surface area contributed by atoms with Gasteiger partial charge in [-0.05, 0) is 67.1 Å². The normalized spacial score (nSPS) is 16.9. The van der Waals surface area contributed by atoms with Crippen molar-refractivity contribution in [2.45, 2.75) is 64.6 Å². The summed E-state index contributed by atoms with van der Waals surface area (Å²) in [5.74, 6) is -2.19. The number of aliphatic hydroxyl groups excluding tert-OH is 1. The van der Waals surface area contributed by atoms with Crippen LogP contribution in [0.3, 0.4) is 0 Å². The Morgan fingerprint density at radius 2 is 1.35 bits per heavy atom. The highest BCUT2D eigenvalue weighted by Gasteiger charge is 2.34. The number of rotatable bonds is 10. The number of hydrogen-bond acceptors (Lipinski definition) is 9. The molecule has 0 saturated carbocycles. The lowest BCUT2D eigenvalue weighted by Crippen LogP contribution is -2.60. The molecule has 0 aliphatic carbocycles. The number of nitrogens with one attached hydrogen (secondary N) is 3. The number of carbonyl (C=O) groups is 4. The summed E-state index contributed by atoms with van der Waals surface area (Å²) in [6, 6.07) is 6.16. The van der Waals surface area contributed by atoms with Crippen molar-refractivity contribution in [2.75, 3.05) is 0 Å². The quantitative estimate of drug-likeness (QED) is 0.180. The molecule has 2 aliphatic heterocycles. The van der Waals surface area contributed by atoms with Gasteiger partial charge in [0.05, 0.1) is 31.4 Å². The Morgan fingerprint density at radius 3 is 1.82 bits per heavy atom. The van der Waals surface area contributed by atoms with Gasteiger partial charge in [-0.2, -0.15) is 0 Å². The third-order valence-electron chi connectivity index (χ3n) is 6.99. The molecule has 12 nitrogen and oxygen atoms in total. The van der Waals surface area contributed by atoms with Crippen molar-refractivity contribution in [3.63, 3.8) is 0 Å². The van der Waals surface area contributed by atoms with Crippen LogP contribution in [0.2, 0.25) is 0 Å². The second-order valence-corrected chi connectivity index (χ2v) is 10.1. The third kappa shape index (κ3) is 6.60. The molecule has 0 aromatic heterocycles.